The molecule has 2 aromatic rings. The fourth-order valence-electron chi connectivity index (χ4n) is 3.29. The lowest BCUT2D eigenvalue weighted by molar-refractivity contribution is 0.241. The van der Waals surface area contributed by atoms with Crippen LogP contribution in [0.1, 0.15) is 18.1 Å². The Bertz CT molecular complexity index is 874. The van der Waals surface area contributed by atoms with Crippen LogP contribution in [0.25, 0.3) is 6.08 Å². The van der Waals surface area contributed by atoms with Gasteiger partial charge in [-0.2, -0.15) is 0 Å². The van der Waals surface area contributed by atoms with Gasteiger partial charge >= 0.3 is 0 Å². The predicted molar refractivity (Wildman–Crippen MR) is 115 cm³/mol. The van der Waals surface area contributed by atoms with Crippen LogP contribution in [0.2, 0.25) is 0 Å². The fraction of sp³-hybridized carbons (Fsp3) is 0.381. The van der Waals surface area contributed by atoms with Crippen molar-refractivity contribution in [3.05, 3.63) is 65.2 Å². The summed E-state index contributed by atoms with van der Waals surface area (Å²) in [4.78, 5) is 8.94. The number of aryl methyl sites for hydroxylation is 1. The van der Waals surface area contributed by atoms with Gasteiger partial charge in [0.2, 0.25) is 10.0 Å². The van der Waals surface area contributed by atoms with Crippen molar-refractivity contribution >= 4 is 21.9 Å². The number of hydrogen-bond donors (Lipinski definition) is 1. The van der Waals surface area contributed by atoms with Crippen LogP contribution in [0.5, 0.6) is 0 Å². The molecule has 2 heterocycles. The highest BCUT2D eigenvalue weighted by molar-refractivity contribution is 7.92. The molecule has 0 spiro atoms. The molecule has 0 aliphatic carbocycles. The fourth-order valence-corrected chi connectivity index (χ4v) is 4.34. The first-order valence-corrected chi connectivity index (χ1v) is 11.1. The third-order valence-corrected chi connectivity index (χ3v) is 5.99. The van der Waals surface area contributed by atoms with Gasteiger partial charge in [0.1, 0.15) is 5.82 Å². The van der Waals surface area contributed by atoms with Crippen LogP contribution in [0.4, 0.5) is 5.82 Å². The number of nitrogens with one attached hydrogen (secondary N) is 1. The molecule has 0 saturated carbocycles. The maximum absolute atomic E-state index is 12.3. The van der Waals surface area contributed by atoms with Gasteiger partial charge in [0, 0.05) is 50.4 Å². The number of sulfonamides is 1. The Morgan fingerprint density at radius 3 is 2.46 bits per heavy atom. The van der Waals surface area contributed by atoms with E-state index < -0.39 is 10.0 Å². The maximum Gasteiger partial charge on any atom is 0.234 e. The Kier molecular flexibility index (Phi) is 6.83. The Labute approximate surface area is 167 Å². The molecule has 150 valence electrons. The number of benzene rings is 1. The van der Waals surface area contributed by atoms with E-state index in [1.165, 1.54) is 5.41 Å². The van der Waals surface area contributed by atoms with Gasteiger partial charge in [-0.1, -0.05) is 35.9 Å². The molecule has 7 heteroatoms. The second-order valence-electron chi connectivity index (χ2n) is 7.25. The molecule has 1 unspecified atom stereocenters. The zero-order valence-corrected chi connectivity index (χ0v) is 17.3. The molecular weight excluding hydrogens is 372 g/mol. The Morgan fingerprint density at radius 2 is 1.82 bits per heavy atom. The number of anilines is 1. The smallest absolute Gasteiger partial charge is 0.234 e. The molecule has 0 amide bonds. The number of hydrogen-bond acceptors (Lipinski definition) is 5. The van der Waals surface area contributed by atoms with E-state index in [2.05, 4.69) is 19.5 Å². The third-order valence-electron chi connectivity index (χ3n) is 4.76. The highest BCUT2D eigenvalue weighted by Gasteiger charge is 2.20. The molecule has 1 aliphatic heterocycles. The summed E-state index contributed by atoms with van der Waals surface area (Å²) in [5, 5.41) is 1.24. The molecule has 1 aliphatic rings. The molecule has 3 rings (SSSR count). The van der Waals surface area contributed by atoms with Crippen LogP contribution in [0.3, 0.4) is 0 Å². The van der Waals surface area contributed by atoms with Crippen LogP contribution in [-0.4, -0.2) is 57.1 Å². The van der Waals surface area contributed by atoms with Gasteiger partial charge in [0.25, 0.3) is 0 Å². The zero-order valence-electron chi connectivity index (χ0n) is 16.5. The van der Waals surface area contributed by atoms with Crippen molar-refractivity contribution < 1.29 is 8.42 Å². The number of pyridine rings is 1. The van der Waals surface area contributed by atoms with Crippen molar-refractivity contribution in [3.8, 4) is 0 Å². The number of nitrogens with zero attached hydrogens (tertiary/aromatic N) is 3. The summed E-state index contributed by atoms with van der Waals surface area (Å²) in [7, 11) is -3.47. The topological polar surface area (TPSA) is 65.5 Å². The van der Waals surface area contributed by atoms with Gasteiger partial charge in [-0.3, -0.25) is 4.90 Å². The molecule has 28 heavy (non-hydrogen) atoms. The summed E-state index contributed by atoms with van der Waals surface area (Å²) in [5.74, 6) is 0.997. The summed E-state index contributed by atoms with van der Waals surface area (Å²) in [6, 6.07) is 13.5. The first-order chi connectivity index (χ1) is 13.4. The van der Waals surface area contributed by atoms with Crippen molar-refractivity contribution in [1.82, 2.24) is 14.6 Å². The second kappa shape index (κ2) is 9.32. The van der Waals surface area contributed by atoms with Crippen molar-refractivity contribution in [2.24, 2.45) is 0 Å². The first-order valence-electron chi connectivity index (χ1n) is 9.57. The van der Waals surface area contributed by atoms with E-state index in [9.17, 15) is 8.42 Å². The van der Waals surface area contributed by atoms with Gasteiger partial charge in [-0.15, -0.1) is 0 Å². The van der Waals surface area contributed by atoms with Crippen LogP contribution in [0.15, 0.2) is 54.1 Å². The average Bonchev–Trinajstić information content (AvgIpc) is 2.68. The molecular formula is C21H28N4O2S. The average molecular weight is 401 g/mol. The molecule has 0 radical (unpaired) electrons. The lowest BCUT2D eigenvalue weighted by Crippen LogP contribution is -2.50. The highest BCUT2D eigenvalue weighted by Crippen LogP contribution is 2.13. The number of rotatable bonds is 7. The van der Waals surface area contributed by atoms with Gasteiger partial charge in [-0.05, 0) is 37.6 Å². The van der Waals surface area contributed by atoms with E-state index >= 15 is 0 Å². The largest absolute Gasteiger partial charge is 0.354 e. The van der Waals surface area contributed by atoms with E-state index in [1.807, 2.05) is 62.5 Å². The maximum atomic E-state index is 12.3. The minimum absolute atomic E-state index is 0.158. The van der Waals surface area contributed by atoms with E-state index in [0.29, 0.717) is 6.54 Å². The second-order valence-corrected chi connectivity index (χ2v) is 8.85. The molecule has 1 atom stereocenters. The van der Waals surface area contributed by atoms with Gasteiger partial charge in [0.15, 0.2) is 0 Å². The van der Waals surface area contributed by atoms with Gasteiger partial charge in [-0.25, -0.2) is 18.1 Å². The van der Waals surface area contributed by atoms with E-state index in [-0.39, 0.29) is 6.04 Å². The van der Waals surface area contributed by atoms with Crippen LogP contribution >= 0.6 is 0 Å². The molecule has 1 aromatic carbocycles. The zero-order chi connectivity index (χ0) is 20.0. The highest BCUT2D eigenvalue weighted by atomic mass is 32.2. The molecule has 1 aromatic heterocycles. The first kappa shape index (κ1) is 20.5. The minimum atomic E-state index is -3.47. The molecule has 0 bridgehead atoms. The van der Waals surface area contributed by atoms with Crippen LogP contribution in [-0.2, 0) is 10.0 Å². The van der Waals surface area contributed by atoms with Crippen LogP contribution < -0.4 is 9.62 Å². The summed E-state index contributed by atoms with van der Waals surface area (Å²) < 4.78 is 27.4. The van der Waals surface area contributed by atoms with Gasteiger partial charge in [0.05, 0.1) is 0 Å². The Hall–Kier alpha value is -2.22. The predicted octanol–water partition coefficient (Wildman–Crippen LogP) is 2.49. The SMILES string of the molecule is Cc1ccc(/C=C/S(=O)(=O)NC(C)CN2CCN(c3ccccn3)CC2)cc1. The monoisotopic (exact) mass is 400 g/mol. The van der Waals surface area contributed by atoms with Gasteiger partial charge < -0.3 is 4.90 Å². The normalized spacial score (nSPS) is 17.1. The summed E-state index contributed by atoms with van der Waals surface area (Å²) in [5.41, 5.74) is 2.02. The number of aromatic nitrogens is 1. The van der Waals surface area contributed by atoms with E-state index in [0.717, 1.165) is 43.1 Å². The summed E-state index contributed by atoms with van der Waals surface area (Å²) in [6.45, 7) is 8.16. The Morgan fingerprint density at radius 1 is 1.11 bits per heavy atom. The standard InChI is InChI=1S/C21H28N4O2S/c1-18-6-8-20(9-7-18)10-16-28(26,27)23-19(2)17-24-12-14-25(15-13-24)21-5-3-4-11-22-21/h3-11,16,19,23H,12-15,17H2,1-2H3/b16-10+. The third kappa shape index (κ3) is 6.15. The van der Waals surface area contributed by atoms with Crippen LogP contribution in [0, 0.1) is 6.92 Å². The van der Waals surface area contributed by atoms with Crippen molar-refractivity contribution in [1.29, 1.82) is 0 Å². The number of piperazine rings is 1. The quantitative estimate of drug-likeness (QED) is 0.774. The summed E-state index contributed by atoms with van der Waals surface area (Å²) in [6.07, 6.45) is 3.43. The van der Waals surface area contributed by atoms with E-state index in [4.69, 9.17) is 0 Å². The minimum Gasteiger partial charge on any atom is -0.354 e. The lowest BCUT2D eigenvalue weighted by Gasteiger charge is -2.36. The Balaban J connectivity index is 1.47. The molecule has 6 nitrogen and oxygen atoms in total. The molecule has 1 saturated heterocycles. The lowest BCUT2D eigenvalue weighted by atomic mass is 10.2. The van der Waals surface area contributed by atoms with E-state index in [1.54, 1.807) is 6.08 Å². The summed E-state index contributed by atoms with van der Waals surface area (Å²) >= 11 is 0. The molecule has 1 fully saturated rings. The van der Waals surface area contributed by atoms with Crippen molar-refractivity contribution in [2.75, 3.05) is 37.6 Å². The van der Waals surface area contributed by atoms with Crippen molar-refractivity contribution in [2.45, 2.75) is 19.9 Å². The van der Waals surface area contributed by atoms with Crippen molar-refractivity contribution in [3.63, 3.8) is 0 Å². The molecule has 1 N–H and O–H groups in total.